The molecule has 3 rings (SSSR count). The number of carbonyl (C=O) groups is 2. The molecule has 1 aromatic carbocycles. The summed E-state index contributed by atoms with van der Waals surface area (Å²) in [6.45, 7) is 0.476. The van der Waals surface area contributed by atoms with Gasteiger partial charge in [0.1, 0.15) is 17.5 Å². The third-order valence-corrected chi connectivity index (χ3v) is 3.77. The summed E-state index contributed by atoms with van der Waals surface area (Å²) in [6.07, 6.45) is 4.47. The van der Waals surface area contributed by atoms with E-state index in [9.17, 15) is 9.59 Å². The zero-order chi connectivity index (χ0) is 16.2. The van der Waals surface area contributed by atoms with Crippen LogP contribution in [0, 0.1) is 0 Å². The number of nitrogens with zero attached hydrogens (tertiary/aromatic N) is 2. The van der Waals surface area contributed by atoms with Gasteiger partial charge >= 0.3 is 5.97 Å². The Morgan fingerprint density at radius 3 is 2.61 bits per heavy atom. The van der Waals surface area contributed by atoms with Crippen molar-refractivity contribution in [2.45, 2.75) is 18.9 Å². The van der Waals surface area contributed by atoms with E-state index in [1.54, 1.807) is 48.8 Å². The number of amides is 1. The van der Waals surface area contributed by atoms with Gasteiger partial charge in [0.15, 0.2) is 0 Å². The molecule has 1 aliphatic heterocycles. The van der Waals surface area contributed by atoms with Crippen LogP contribution in [-0.4, -0.2) is 39.5 Å². The van der Waals surface area contributed by atoms with Gasteiger partial charge in [-0.1, -0.05) is 0 Å². The summed E-state index contributed by atoms with van der Waals surface area (Å²) < 4.78 is 5.62. The van der Waals surface area contributed by atoms with E-state index in [-0.39, 0.29) is 5.91 Å². The minimum atomic E-state index is -0.951. The summed E-state index contributed by atoms with van der Waals surface area (Å²) in [5, 5.41) is 9.17. The van der Waals surface area contributed by atoms with Crippen molar-refractivity contribution < 1.29 is 19.4 Å². The lowest BCUT2D eigenvalue weighted by Crippen LogP contribution is -2.40. The Balaban J connectivity index is 1.72. The number of hydrogen-bond acceptors (Lipinski definition) is 4. The number of carboxylic acid groups (broad SMARTS) is 1. The van der Waals surface area contributed by atoms with Crippen LogP contribution in [0.2, 0.25) is 0 Å². The van der Waals surface area contributed by atoms with Crippen LogP contribution in [-0.2, 0) is 4.79 Å². The summed E-state index contributed by atoms with van der Waals surface area (Å²) in [7, 11) is 0. The number of carboxylic acids is 1. The molecule has 0 spiro atoms. The number of ether oxygens (including phenoxy) is 1. The third-order valence-electron chi connectivity index (χ3n) is 3.77. The molecule has 1 N–H and O–H groups in total. The average Bonchev–Trinajstić information content (AvgIpc) is 3.06. The average molecular weight is 312 g/mol. The summed E-state index contributed by atoms with van der Waals surface area (Å²) in [5.74, 6) is -0.0157. The second-order valence-corrected chi connectivity index (χ2v) is 5.31. The number of benzene rings is 1. The van der Waals surface area contributed by atoms with Crippen LogP contribution in [0.5, 0.6) is 11.5 Å². The number of aromatic nitrogens is 1. The number of hydrogen-bond donors (Lipinski definition) is 1. The van der Waals surface area contributed by atoms with E-state index < -0.39 is 12.0 Å². The monoisotopic (exact) mass is 312 g/mol. The fourth-order valence-electron chi connectivity index (χ4n) is 2.64. The highest BCUT2D eigenvalue weighted by Crippen LogP contribution is 2.23. The van der Waals surface area contributed by atoms with Crippen LogP contribution in [0.25, 0.3) is 0 Å². The zero-order valence-electron chi connectivity index (χ0n) is 12.4. The van der Waals surface area contributed by atoms with Crippen molar-refractivity contribution in [3.05, 3.63) is 54.4 Å². The fraction of sp³-hybridized carbons (Fsp3) is 0.235. The molecule has 1 fully saturated rings. The second kappa shape index (κ2) is 6.48. The highest BCUT2D eigenvalue weighted by molar-refractivity contribution is 5.97. The van der Waals surface area contributed by atoms with Gasteiger partial charge in [-0.3, -0.25) is 9.78 Å². The zero-order valence-corrected chi connectivity index (χ0v) is 12.4. The van der Waals surface area contributed by atoms with E-state index in [1.807, 2.05) is 0 Å². The maximum Gasteiger partial charge on any atom is 0.326 e. The third kappa shape index (κ3) is 3.31. The van der Waals surface area contributed by atoms with Gasteiger partial charge in [-0.05, 0) is 49.2 Å². The predicted octanol–water partition coefficient (Wildman–Crippen LogP) is 2.56. The molecular formula is C17H16N2O4. The minimum Gasteiger partial charge on any atom is -0.480 e. The molecule has 0 aliphatic carbocycles. The maximum absolute atomic E-state index is 12.4. The highest BCUT2D eigenvalue weighted by atomic mass is 16.5. The largest absolute Gasteiger partial charge is 0.480 e. The van der Waals surface area contributed by atoms with Crippen LogP contribution in [0.3, 0.4) is 0 Å². The smallest absolute Gasteiger partial charge is 0.326 e. The SMILES string of the molecule is O=C(O)[C@@H]1CCCN1C(=O)c1ccc(Oc2cccnc2)cc1. The maximum atomic E-state index is 12.4. The van der Waals surface area contributed by atoms with Gasteiger partial charge in [-0.2, -0.15) is 0 Å². The van der Waals surface area contributed by atoms with E-state index in [0.717, 1.165) is 0 Å². The van der Waals surface area contributed by atoms with Crippen molar-refractivity contribution in [3.8, 4) is 11.5 Å². The number of aliphatic carboxylic acids is 1. The quantitative estimate of drug-likeness (QED) is 0.938. The lowest BCUT2D eigenvalue weighted by atomic mass is 10.1. The Morgan fingerprint density at radius 2 is 1.96 bits per heavy atom. The number of likely N-dealkylation sites (tertiary alicyclic amines) is 1. The van der Waals surface area contributed by atoms with Crippen LogP contribution in [0.1, 0.15) is 23.2 Å². The van der Waals surface area contributed by atoms with Crippen molar-refractivity contribution in [3.63, 3.8) is 0 Å². The van der Waals surface area contributed by atoms with E-state index in [2.05, 4.69) is 4.98 Å². The first-order valence-electron chi connectivity index (χ1n) is 7.37. The van der Waals surface area contributed by atoms with Crippen molar-refractivity contribution in [2.24, 2.45) is 0 Å². The molecule has 1 aliphatic rings. The molecule has 6 nitrogen and oxygen atoms in total. The first-order valence-corrected chi connectivity index (χ1v) is 7.37. The molecule has 23 heavy (non-hydrogen) atoms. The van der Waals surface area contributed by atoms with Gasteiger partial charge < -0.3 is 14.7 Å². The van der Waals surface area contributed by atoms with Crippen molar-refractivity contribution in [1.82, 2.24) is 9.88 Å². The van der Waals surface area contributed by atoms with Crippen molar-refractivity contribution in [2.75, 3.05) is 6.54 Å². The summed E-state index contributed by atoms with van der Waals surface area (Å²) in [6, 6.07) is 9.49. The number of carbonyl (C=O) groups excluding carboxylic acids is 1. The van der Waals surface area contributed by atoms with Gasteiger partial charge in [-0.15, -0.1) is 0 Å². The van der Waals surface area contributed by atoms with Crippen molar-refractivity contribution >= 4 is 11.9 Å². The molecule has 1 atom stereocenters. The first-order chi connectivity index (χ1) is 11.1. The minimum absolute atomic E-state index is 0.261. The normalized spacial score (nSPS) is 17.0. The molecule has 2 heterocycles. The van der Waals surface area contributed by atoms with Gasteiger partial charge in [0.05, 0.1) is 6.20 Å². The predicted molar refractivity (Wildman–Crippen MR) is 82.4 cm³/mol. The highest BCUT2D eigenvalue weighted by Gasteiger charge is 2.34. The molecule has 0 unspecified atom stereocenters. The van der Waals surface area contributed by atoms with Gasteiger partial charge in [0.25, 0.3) is 5.91 Å². The molecule has 118 valence electrons. The standard InChI is InChI=1S/C17H16N2O4/c20-16(19-10-2-4-15(19)17(21)22)12-5-7-13(8-6-12)23-14-3-1-9-18-11-14/h1,3,5-9,11,15H,2,4,10H2,(H,21,22)/t15-/m0/s1. The summed E-state index contributed by atoms with van der Waals surface area (Å²) in [4.78, 5) is 29.0. The molecule has 0 saturated carbocycles. The molecule has 1 saturated heterocycles. The van der Waals surface area contributed by atoms with Crippen molar-refractivity contribution in [1.29, 1.82) is 0 Å². The molecule has 0 radical (unpaired) electrons. The second-order valence-electron chi connectivity index (χ2n) is 5.31. The number of rotatable bonds is 4. The van der Waals surface area contributed by atoms with Crippen LogP contribution >= 0.6 is 0 Å². The lowest BCUT2D eigenvalue weighted by Gasteiger charge is -2.21. The van der Waals surface area contributed by atoms with E-state index in [0.29, 0.717) is 36.4 Å². The Bertz CT molecular complexity index is 700. The summed E-state index contributed by atoms with van der Waals surface area (Å²) >= 11 is 0. The topological polar surface area (TPSA) is 79.7 Å². The Labute approximate surface area is 133 Å². The van der Waals surface area contributed by atoms with Crippen LogP contribution < -0.4 is 4.74 Å². The first kappa shape index (κ1) is 15.0. The molecule has 0 bridgehead atoms. The van der Waals surface area contributed by atoms with Gasteiger partial charge in [0.2, 0.25) is 0 Å². The summed E-state index contributed by atoms with van der Waals surface area (Å²) in [5.41, 5.74) is 0.455. The molecular weight excluding hydrogens is 296 g/mol. The molecule has 1 aromatic heterocycles. The Kier molecular flexibility index (Phi) is 4.23. The van der Waals surface area contributed by atoms with E-state index in [1.165, 1.54) is 4.90 Å². The Hall–Kier alpha value is -2.89. The molecule has 6 heteroatoms. The lowest BCUT2D eigenvalue weighted by molar-refractivity contribution is -0.141. The number of pyridine rings is 1. The fourth-order valence-corrected chi connectivity index (χ4v) is 2.64. The molecule has 1 amide bonds. The van der Waals surface area contributed by atoms with E-state index in [4.69, 9.17) is 9.84 Å². The van der Waals surface area contributed by atoms with Crippen LogP contribution in [0.4, 0.5) is 0 Å². The van der Waals surface area contributed by atoms with Gasteiger partial charge in [-0.25, -0.2) is 4.79 Å². The van der Waals surface area contributed by atoms with Gasteiger partial charge in [0, 0.05) is 18.3 Å². The van der Waals surface area contributed by atoms with E-state index >= 15 is 0 Å². The Morgan fingerprint density at radius 1 is 1.17 bits per heavy atom. The molecule has 2 aromatic rings. The van der Waals surface area contributed by atoms with Crippen LogP contribution in [0.15, 0.2) is 48.8 Å².